The van der Waals surface area contributed by atoms with Crippen LogP contribution in [0.5, 0.6) is 40.2 Å². The summed E-state index contributed by atoms with van der Waals surface area (Å²) in [5, 5.41) is 18.0. The first-order valence-corrected chi connectivity index (χ1v) is 18.0. The van der Waals surface area contributed by atoms with Crippen molar-refractivity contribution in [1.29, 1.82) is 0 Å². The Kier molecular flexibility index (Phi) is 15.7. The van der Waals surface area contributed by atoms with Crippen LogP contribution in [0.3, 0.4) is 0 Å². The van der Waals surface area contributed by atoms with E-state index in [1.807, 2.05) is 74.5 Å². The third-order valence-corrected chi connectivity index (χ3v) is 9.73. The molecule has 294 valence electrons. The van der Waals surface area contributed by atoms with Crippen molar-refractivity contribution in [3.8, 4) is 40.2 Å². The monoisotopic (exact) mass is 748 g/mol. The Balaban J connectivity index is 0.00000319. The quantitative estimate of drug-likeness (QED) is 0.102. The van der Waals surface area contributed by atoms with E-state index in [9.17, 15) is 5.11 Å². The molecular formula is C43H56O11. The van der Waals surface area contributed by atoms with E-state index in [1.54, 1.807) is 47.7 Å². The number of rotatable bonds is 17. The Morgan fingerprint density at radius 1 is 0.611 bits per heavy atom. The smallest absolute Gasteiger partial charge is 0.188 e. The minimum Gasteiger partial charge on any atom is -0.493 e. The number of aliphatic hydroxyl groups is 2. The van der Waals surface area contributed by atoms with Gasteiger partial charge in [0.05, 0.1) is 40.6 Å². The molecule has 4 aromatic carbocycles. The molecule has 0 amide bonds. The van der Waals surface area contributed by atoms with Crippen LogP contribution in [0, 0.1) is 11.8 Å². The van der Waals surface area contributed by atoms with Gasteiger partial charge in [-0.3, -0.25) is 0 Å². The van der Waals surface area contributed by atoms with E-state index in [2.05, 4.69) is 19.9 Å². The molecule has 0 spiro atoms. The lowest BCUT2D eigenvalue weighted by Gasteiger charge is -2.23. The first-order valence-electron chi connectivity index (χ1n) is 18.0. The number of benzene rings is 4. The average Bonchev–Trinajstić information content (AvgIpc) is 3.50. The van der Waals surface area contributed by atoms with Gasteiger partial charge in [0, 0.05) is 20.6 Å². The van der Waals surface area contributed by atoms with Crippen molar-refractivity contribution in [2.75, 3.05) is 49.5 Å². The van der Waals surface area contributed by atoms with Crippen molar-refractivity contribution < 1.29 is 52.8 Å². The third-order valence-electron chi connectivity index (χ3n) is 9.73. The fourth-order valence-corrected chi connectivity index (χ4v) is 6.66. The summed E-state index contributed by atoms with van der Waals surface area (Å²) in [5.41, 5.74) is 3.79. The Hall–Kier alpha value is -4.68. The summed E-state index contributed by atoms with van der Waals surface area (Å²) in [6, 6.07) is 25.0. The lowest BCUT2D eigenvalue weighted by Crippen LogP contribution is -2.22. The molecule has 0 radical (unpaired) electrons. The van der Waals surface area contributed by atoms with Crippen LogP contribution in [0.25, 0.3) is 0 Å². The molecule has 0 saturated carbocycles. The van der Waals surface area contributed by atoms with E-state index in [-0.39, 0.29) is 36.9 Å². The van der Waals surface area contributed by atoms with E-state index >= 15 is 0 Å². The Morgan fingerprint density at radius 3 is 1.63 bits per heavy atom. The van der Waals surface area contributed by atoms with Gasteiger partial charge in [-0.1, -0.05) is 44.2 Å². The second kappa shape index (κ2) is 20.1. The van der Waals surface area contributed by atoms with Gasteiger partial charge < -0.3 is 52.8 Å². The van der Waals surface area contributed by atoms with Crippen molar-refractivity contribution in [2.24, 2.45) is 11.8 Å². The summed E-state index contributed by atoms with van der Waals surface area (Å²) < 4.78 is 52.2. The van der Waals surface area contributed by atoms with Crippen LogP contribution in [0.1, 0.15) is 68.3 Å². The predicted octanol–water partition coefficient (Wildman–Crippen LogP) is 7.91. The van der Waals surface area contributed by atoms with Crippen molar-refractivity contribution in [3.05, 3.63) is 101 Å². The fourth-order valence-electron chi connectivity index (χ4n) is 6.66. The summed E-state index contributed by atoms with van der Waals surface area (Å²) in [6.45, 7) is 8.44. The van der Waals surface area contributed by atoms with Gasteiger partial charge in [0.1, 0.15) is 24.1 Å². The Bertz CT molecular complexity index is 1740. The van der Waals surface area contributed by atoms with Crippen LogP contribution in [-0.4, -0.2) is 71.9 Å². The van der Waals surface area contributed by atoms with E-state index in [0.717, 1.165) is 23.8 Å². The molecular weight excluding hydrogens is 692 g/mol. The van der Waals surface area contributed by atoms with Gasteiger partial charge in [-0.05, 0) is 96.5 Å². The fraction of sp³-hybridized carbons (Fsp3) is 0.442. The SMILES string of the molecule is CO.COCOc1ccc(C(O)C(C)Oc2ccc(C3OC(c4ccc(OC(C)Cc5ccc(OC)c(OC)c5)c(OC)c4)C(C)C3C)cc2OC)cc1. The van der Waals surface area contributed by atoms with Gasteiger partial charge in [-0.25, -0.2) is 0 Å². The lowest BCUT2D eigenvalue weighted by molar-refractivity contribution is 0.0284. The van der Waals surface area contributed by atoms with Gasteiger partial charge in [0.15, 0.2) is 41.3 Å². The summed E-state index contributed by atoms with van der Waals surface area (Å²) in [7, 11) is 9.09. The van der Waals surface area contributed by atoms with Crippen LogP contribution < -0.4 is 33.2 Å². The van der Waals surface area contributed by atoms with E-state index in [0.29, 0.717) is 52.2 Å². The molecule has 1 heterocycles. The lowest BCUT2D eigenvalue weighted by atomic mass is 9.85. The summed E-state index contributed by atoms with van der Waals surface area (Å²) >= 11 is 0. The van der Waals surface area contributed by atoms with Crippen molar-refractivity contribution in [1.82, 2.24) is 0 Å². The molecule has 7 unspecified atom stereocenters. The zero-order valence-corrected chi connectivity index (χ0v) is 33.0. The molecule has 1 aliphatic rings. The van der Waals surface area contributed by atoms with Crippen molar-refractivity contribution >= 4 is 0 Å². The number of hydrogen-bond donors (Lipinski definition) is 2. The molecule has 11 heteroatoms. The summed E-state index contributed by atoms with van der Waals surface area (Å²) in [6.07, 6.45) is -1.18. The number of aliphatic hydroxyl groups excluding tert-OH is 2. The number of methoxy groups -OCH3 is 5. The maximum atomic E-state index is 11.0. The topological polar surface area (TPSA) is 124 Å². The van der Waals surface area contributed by atoms with Crippen LogP contribution in [0.4, 0.5) is 0 Å². The van der Waals surface area contributed by atoms with Gasteiger partial charge >= 0.3 is 0 Å². The highest BCUT2D eigenvalue weighted by Crippen LogP contribution is 2.51. The largest absolute Gasteiger partial charge is 0.493 e. The van der Waals surface area contributed by atoms with E-state index < -0.39 is 12.2 Å². The molecule has 0 bridgehead atoms. The highest BCUT2D eigenvalue weighted by atomic mass is 16.7. The molecule has 0 aliphatic carbocycles. The minimum atomic E-state index is -0.866. The van der Waals surface area contributed by atoms with Crippen molar-refractivity contribution in [3.63, 3.8) is 0 Å². The van der Waals surface area contributed by atoms with Gasteiger partial charge in [-0.15, -0.1) is 0 Å². The normalized spacial score (nSPS) is 19.4. The third kappa shape index (κ3) is 10.1. The Morgan fingerprint density at radius 2 is 1.11 bits per heavy atom. The van der Waals surface area contributed by atoms with E-state index in [4.69, 9.17) is 47.7 Å². The molecule has 1 aliphatic heterocycles. The van der Waals surface area contributed by atoms with Gasteiger partial charge in [0.2, 0.25) is 0 Å². The zero-order chi connectivity index (χ0) is 39.4. The highest BCUT2D eigenvalue weighted by molar-refractivity contribution is 5.47. The first-order chi connectivity index (χ1) is 26.1. The molecule has 5 rings (SSSR count). The highest BCUT2D eigenvalue weighted by Gasteiger charge is 2.41. The van der Waals surface area contributed by atoms with Crippen LogP contribution in [0.15, 0.2) is 78.9 Å². The molecule has 1 fully saturated rings. The predicted molar refractivity (Wildman–Crippen MR) is 206 cm³/mol. The molecule has 7 atom stereocenters. The number of ether oxygens (including phenoxy) is 9. The second-order valence-corrected chi connectivity index (χ2v) is 13.2. The molecule has 0 aromatic heterocycles. The standard InChI is InChI=1S/C42H52O10.CH4O/c1-25(20-29-10-17-34(45-6)37(21-29)46-7)50-35-18-13-31(22-38(35)47-8)41-26(2)27(3)42(52-41)32-14-19-36(39(23-32)48-9)51-28(4)40(43)30-11-15-33(16-12-30)49-24-44-5;1-2/h10-19,21-23,25-28,40-43H,20,24H2,1-9H3;2H,1H3. The summed E-state index contributed by atoms with van der Waals surface area (Å²) in [5.74, 6) is 4.88. The van der Waals surface area contributed by atoms with Gasteiger partial charge in [-0.2, -0.15) is 0 Å². The van der Waals surface area contributed by atoms with E-state index in [1.165, 1.54) is 0 Å². The summed E-state index contributed by atoms with van der Waals surface area (Å²) in [4.78, 5) is 0. The first kappa shape index (κ1) is 42.1. The molecule has 1 saturated heterocycles. The second-order valence-electron chi connectivity index (χ2n) is 13.2. The van der Waals surface area contributed by atoms with Crippen LogP contribution >= 0.6 is 0 Å². The zero-order valence-electron chi connectivity index (χ0n) is 33.0. The number of hydrogen-bond acceptors (Lipinski definition) is 11. The minimum absolute atomic E-state index is 0.120. The maximum Gasteiger partial charge on any atom is 0.188 e. The molecule has 2 N–H and O–H groups in total. The van der Waals surface area contributed by atoms with Crippen LogP contribution in [-0.2, 0) is 15.9 Å². The van der Waals surface area contributed by atoms with Crippen LogP contribution in [0.2, 0.25) is 0 Å². The molecule has 11 nitrogen and oxygen atoms in total. The maximum absolute atomic E-state index is 11.0. The molecule has 4 aromatic rings. The Labute approximate surface area is 319 Å². The van der Waals surface area contributed by atoms with Crippen molar-refractivity contribution in [2.45, 2.75) is 64.6 Å². The van der Waals surface area contributed by atoms with Gasteiger partial charge in [0.25, 0.3) is 0 Å². The molecule has 54 heavy (non-hydrogen) atoms. The average molecular weight is 749 g/mol.